The second kappa shape index (κ2) is 11.3. The normalized spacial score (nSPS) is 31.6. The average molecular weight is 559 g/mol. The molecule has 0 bridgehead atoms. The Morgan fingerprint density at radius 2 is 1.73 bits per heavy atom. The number of likely N-dealkylation sites (tertiary alicyclic amines) is 1. The van der Waals surface area contributed by atoms with E-state index in [4.69, 9.17) is 4.74 Å². The quantitative estimate of drug-likeness (QED) is 0.443. The third-order valence-electron chi connectivity index (χ3n) is 8.53. The predicted octanol–water partition coefficient (Wildman–Crippen LogP) is 3.90. The van der Waals surface area contributed by atoms with Gasteiger partial charge < -0.3 is 19.6 Å². The van der Waals surface area contributed by atoms with Gasteiger partial charge >= 0.3 is 5.97 Å². The van der Waals surface area contributed by atoms with Crippen molar-refractivity contribution in [3.63, 3.8) is 0 Å². The summed E-state index contributed by atoms with van der Waals surface area (Å²) in [6, 6.07) is 17.5. The molecule has 8 heteroatoms. The van der Waals surface area contributed by atoms with Gasteiger partial charge in [-0.15, -0.1) is 11.8 Å². The molecule has 2 fully saturated rings. The van der Waals surface area contributed by atoms with E-state index >= 15 is 0 Å². The van der Waals surface area contributed by atoms with Crippen LogP contribution in [0.4, 0.5) is 0 Å². The van der Waals surface area contributed by atoms with E-state index in [1.54, 1.807) is 9.80 Å². The summed E-state index contributed by atoms with van der Waals surface area (Å²) in [5.74, 6) is -2.33. The topological polar surface area (TPSA) is 87.2 Å². The Bertz CT molecular complexity index is 1320. The molecule has 0 radical (unpaired) electrons. The van der Waals surface area contributed by atoms with Crippen molar-refractivity contribution < 1.29 is 24.2 Å². The third-order valence-corrected chi connectivity index (χ3v) is 10.3. The molecule has 2 aromatic carbocycles. The minimum absolute atomic E-state index is 0.173. The van der Waals surface area contributed by atoms with Crippen LogP contribution in [0.2, 0.25) is 0 Å². The van der Waals surface area contributed by atoms with Crippen LogP contribution in [0.25, 0.3) is 0 Å². The van der Waals surface area contributed by atoms with Gasteiger partial charge in [0.1, 0.15) is 6.04 Å². The fourth-order valence-electron chi connectivity index (χ4n) is 6.71. The zero-order valence-corrected chi connectivity index (χ0v) is 23.1. The highest BCUT2D eigenvalue weighted by molar-refractivity contribution is 8.02. The first kappa shape index (κ1) is 26.8. The van der Waals surface area contributed by atoms with Crippen LogP contribution in [-0.2, 0) is 25.7 Å². The van der Waals surface area contributed by atoms with Crippen molar-refractivity contribution in [1.82, 2.24) is 9.80 Å². The fourth-order valence-corrected chi connectivity index (χ4v) is 8.70. The van der Waals surface area contributed by atoms with Crippen LogP contribution in [0.5, 0.6) is 0 Å². The molecule has 2 saturated heterocycles. The molecule has 0 aliphatic carbocycles. The second-order valence-electron chi connectivity index (χ2n) is 10.9. The van der Waals surface area contributed by atoms with Gasteiger partial charge in [0.05, 0.1) is 35.8 Å². The molecule has 4 heterocycles. The number of carbonyl (C=O) groups excluding carboxylic acids is 3. The number of ether oxygens (including phenoxy) is 1. The van der Waals surface area contributed by atoms with Crippen molar-refractivity contribution in [2.45, 2.75) is 47.9 Å². The van der Waals surface area contributed by atoms with Crippen LogP contribution in [-0.4, -0.2) is 68.5 Å². The maximum atomic E-state index is 14.6. The molecule has 4 aliphatic heterocycles. The van der Waals surface area contributed by atoms with E-state index in [0.29, 0.717) is 19.7 Å². The average Bonchev–Trinajstić information content (AvgIpc) is 3.37. The van der Waals surface area contributed by atoms with Crippen LogP contribution in [0.3, 0.4) is 0 Å². The molecule has 6 rings (SSSR count). The van der Waals surface area contributed by atoms with Gasteiger partial charge in [0, 0.05) is 18.3 Å². The van der Waals surface area contributed by atoms with Gasteiger partial charge in [-0.3, -0.25) is 14.4 Å². The SMILES string of the molecule is O=C1OCCCC/C=C\[C@H]2S[C@]34C=CCN(Cc5ccccc5)C(=O)C3N([C@H](CO)c3ccccc3)C(=O)[C@@H]4[C@@H]12. The molecule has 208 valence electrons. The van der Waals surface area contributed by atoms with Gasteiger partial charge in [-0.2, -0.15) is 0 Å². The van der Waals surface area contributed by atoms with E-state index in [9.17, 15) is 19.5 Å². The van der Waals surface area contributed by atoms with E-state index < -0.39 is 28.7 Å². The van der Waals surface area contributed by atoms with E-state index in [2.05, 4.69) is 6.08 Å². The molecule has 40 heavy (non-hydrogen) atoms. The Morgan fingerprint density at radius 1 is 0.975 bits per heavy atom. The number of aliphatic hydroxyl groups excluding tert-OH is 1. The van der Waals surface area contributed by atoms with Gasteiger partial charge in [-0.1, -0.05) is 85.0 Å². The molecule has 1 spiro atoms. The number of allylic oxidation sites excluding steroid dienone is 1. The highest BCUT2D eigenvalue weighted by Crippen LogP contribution is 2.61. The van der Waals surface area contributed by atoms with Gasteiger partial charge in [0.2, 0.25) is 11.8 Å². The number of hydrogen-bond donors (Lipinski definition) is 1. The lowest BCUT2D eigenvalue weighted by atomic mass is 9.78. The summed E-state index contributed by atoms with van der Waals surface area (Å²) in [5, 5.41) is 10.4. The molecule has 0 aromatic heterocycles. The van der Waals surface area contributed by atoms with Crippen molar-refractivity contribution in [2.24, 2.45) is 11.8 Å². The van der Waals surface area contributed by atoms with Gasteiger partial charge in [-0.25, -0.2) is 0 Å². The lowest BCUT2D eigenvalue weighted by Gasteiger charge is -2.38. The summed E-state index contributed by atoms with van der Waals surface area (Å²) in [4.78, 5) is 46.0. The summed E-state index contributed by atoms with van der Waals surface area (Å²) < 4.78 is 4.74. The highest BCUT2D eigenvalue weighted by atomic mass is 32.2. The Balaban J connectivity index is 1.47. The number of esters is 1. The number of hydrogen-bond acceptors (Lipinski definition) is 6. The van der Waals surface area contributed by atoms with Crippen molar-refractivity contribution in [3.05, 3.63) is 96.1 Å². The highest BCUT2D eigenvalue weighted by Gasteiger charge is 2.71. The lowest BCUT2D eigenvalue weighted by molar-refractivity contribution is -0.153. The standard InChI is InChI=1S/C32H34N2O5S/c35-21-24(23-14-7-4-8-15-23)34-28-30(37)33(20-22-12-5-3-6-13-22)18-11-17-32(28)27(29(34)36)26-25(40-32)16-9-1-2-10-19-39-31(26)38/h3-9,11-17,24-28,35H,1-2,10,18-21H2/b16-9-/t24-,25-,26+,27+,28?,32+/m1/s1. The molecule has 6 atom stereocenters. The molecule has 4 aliphatic rings. The zero-order chi connectivity index (χ0) is 27.7. The monoisotopic (exact) mass is 558 g/mol. The molecule has 2 aromatic rings. The van der Waals surface area contributed by atoms with E-state index in [0.717, 1.165) is 30.4 Å². The predicted molar refractivity (Wildman–Crippen MR) is 153 cm³/mol. The second-order valence-corrected chi connectivity index (χ2v) is 12.4. The number of fused-ring (bicyclic) bond motifs is 2. The van der Waals surface area contributed by atoms with Crippen LogP contribution in [0, 0.1) is 11.8 Å². The number of aliphatic hydroxyl groups is 1. The van der Waals surface area contributed by atoms with Crippen LogP contribution in [0.1, 0.15) is 36.4 Å². The van der Waals surface area contributed by atoms with Crippen molar-refractivity contribution in [3.8, 4) is 0 Å². The van der Waals surface area contributed by atoms with Crippen LogP contribution >= 0.6 is 11.8 Å². The largest absolute Gasteiger partial charge is 0.465 e. The molecule has 1 unspecified atom stereocenters. The molecular weight excluding hydrogens is 524 g/mol. The summed E-state index contributed by atoms with van der Waals surface area (Å²) in [7, 11) is 0. The number of nitrogens with zero attached hydrogens (tertiary/aromatic N) is 2. The number of cyclic esters (lactones) is 1. The Kier molecular flexibility index (Phi) is 7.55. The molecular formula is C32H34N2O5S. The first-order chi connectivity index (χ1) is 19.5. The number of rotatable bonds is 5. The minimum Gasteiger partial charge on any atom is -0.465 e. The Labute approximate surface area is 238 Å². The van der Waals surface area contributed by atoms with Crippen molar-refractivity contribution in [2.75, 3.05) is 19.8 Å². The smallest absolute Gasteiger partial charge is 0.311 e. The Hall–Kier alpha value is -3.36. The molecule has 7 nitrogen and oxygen atoms in total. The fraction of sp³-hybridized carbons (Fsp3) is 0.406. The summed E-state index contributed by atoms with van der Waals surface area (Å²) in [6.45, 7) is 0.780. The van der Waals surface area contributed by atoms with Gasteiger partial charge in [0.25, 0.3) is 0 Å². The Morgan fingerprint density at radius 3 is 2.48 bits per heavy atom. The van der Waals surface area contributed by atoms with E-state index in [-0.39, 0.29) is 29.6 Å². The molecule has 0 saturated carbocycles. The van der Waals surface area contributed by atoms with Crippen molar-refractivity contribution >= 4 is 29.5 Å². The third kappa shape index (κ3) is 4.57. The summed E-state index contributed by atoms with van der Waals surface area (Å²) in [6.07, 6.45) is 10.7. The number of amides is 2. The number of thioether (sulfide) groups is 1. The van der Waals surface area contributed by atoms with Gasteiger partial charge in [-0.05, 0) is 30.4 Å². The van der Waals surface area contributed by atoms with Crippen LogP contribution < -0.4 is 0 Å². The summed E-state index contributed by atoms with van der Waals surface area (Å²) in [5.41, 5.74) is 1.74. The maximum absolute atomic E-state index is 14.6. The van der Waals surface area contributed by atoms with E-state index in [1.165, 1.54) is 11.8 Å². The first-order valence-electron chi connectivity index (χ1n) is 14.0. The van der Waals surface area contributed by atoms with Gasteiger partial charge in [0.15, 0.2) is 0 Å². The maximum Gasteiger partial charge on any atom is 0.311 e. The number of carbonyl (C=O) groups is 3. The molecule has 1 N–H and O–H groups in total. The van der Waals surface area contributed by atoms with Crippen LogP contribution in [0.15, 0.2) is 85.0 Å². The number of benzene rings is 2. The summed E-state index contributed by atoms with van der Waals surface area (Å²) >= 11 is 1.53. The van der Waals surface area contributed by atoms with Crippen molar-refractivity contribution in [1.29, 1.82) is 0 Å². The zero-order valence-electron chi connectivity index (χ0n) is 22.3. The first-order valence-corrected chi connectivity index (χ1v) is 14.9. The van der Waals surface area contributed by atoms with E-state index in [1.807, 2.05) is 78.9 Å². The molecule has 2 amide bonds. The minimum atomic E-state index is -0.964. The lowest BCUT2D eigenvalue weighted by Crippen LogP contribution is -2.54.